The summed E-state index contributed by atoms with van der Waals surface area (Å²) in [6, 6.07) is 1.94. The molecule has 1 N–H and O–H groups in total. The lowest BCUT2D eigenvalue weighted by atomic mass is 10.3. The van der Waals surface area contributed by atoms with E-state index in [4.69, 9.17) is 0 Å². The molecule has 2 nitrogen and oxygen atoms in total. The predicted octanol–water partition coefficient (Wildman–Crippen LogP) is 3.79. The van der Waals surface area contributed by atoms with Crippen molar-refractivity contribution in [3.63, 3.8) is 0 Å². The SMILES string of the molecule is CC(CBr)NC(=O)c1cc(Br)sc1Br. The predicted molar refractivity (Wildman–Crippen MR) is 70.4 cm³/mol. The Bertz CT molecular complexity index is 339. The summed E-state index contributed by atoms with van der Waals surface area (Å²) in [6.45, 7) is 1.95. The maximum atomic E-state index is 11.7. The largest absolute Gasteiger partial charge is 0.349 e. The second kappa shape index (κ2) is 5.63. The quantitative estimate of drug-likeness (QED) is 0.762. The van der Waals surface area contributed by atoms with Crippen LogP contribution in [0.4, 0.5) is 0 Å². The summed E-state index contributed by atoms with van der Waals surface area (Å²) >= 11 is 11.5. The van der Waals surface area contributed by atoms with E-state index >= 15 is 0 Å². The van der Waals surface area contributed by atoms with Crippen LogP contribution in [-0.4, -0.2) is 17.3 Å². The standard InChI is InChI=1S/C8H8Br3NOS/c1-4(3-9)12-8(13)5-2-6(10)14-7(5)11/h2,4H,3H2,1H3,(H,12,13). The molecule has 1 aromatic rings. The van der Waals surface area contributed by atoms with Crippen LogP contribution in [0, 0.1) is 0 Å². The molecular formula is C8H8Br3NOS. The Balaban J connectivity index is 2.74. The first-order valence-electron chi connectivity index (χ1n) is 3.86. The number of carbonyl (C=O) groups is 1. The molecule has 0 aliphatic carbocycles. The Morgan fingerprint density at radius 1 is 1.64 bits per heavy atom. The first kappa shape index (κ1) is 12.7. The molecule has 1 aromatic heterocycles. The Hall–Kier alpha value is 0.610. The van der Waals surface area contributed by atoms with Crippen molar-refractivity contribution < 1.29 is 4.79 Å². The van der Waals surface area contributed by atoms with Gasteiger partial charge in [0.15, 0.2) is 0 Å². The van der Waals surface area contributed by atoms with Gasteiger partial charge in [-0.25, -0.2) is 0 Å². The van der Waals surface area contributed by atoms with Gasteiger partial charge in [-0.05, 0) is 44.8 Å². The molecule has 1 unspecified atom stereocenters. The highest BCUT2D eigenvalue weighted by molar-refractivity contribution is 9.12. The molecule has 0 radical (unpaired) electrons. The monoisotopic (exact) mass is 403 g/mol. The molecule has 0 aliphatic rings. The van der Waals surface area contributed by atoms with E-state index in [1.807, 2.05) is 13.0 Å². The fourth-order valence-corrected chi connectivity index (χ4v) is 3.79. The van der Waals surface area contributed by atoms with Gasteiger partial charge in [0.2, 0.25) is 0 Å². The maximum Gasteiger partial charge on any atom is 0.253 e. The molecule has 0 spiro atoms. The van der Waals surface area contributed by atoms with Gasteiger partial charge in [0, 0.05) is 11.4 Å². The highest BCUT2D eigenvalue weighted by Crippen LogP contribution is 2.31. The number of rotatable bonds is 3. The number of halogens is 3. The number of hydrogen-bond donors (Lipinski definition) is 1. The average Bonchev–Trinajstić information content (AvgIpc) is 2.45. The van der Waals surface area contributed by atoms with Crippen LogP contribution in [0.5, 0.6) is 0 Å². The number of nitrogens with one attached hydrogen (secondary N) is 1. The summed E-state index contributed by atoms with van der Waals surface area (Å²) in [6.07, 6.45) is 0. The van der Waals surface area contributed by atoms with Crippen LogP contribution in [0.2, 0.25) is 0 Å². The number of carbonyl (C=O) groups excluding carboxylic acids is 1. The second-order valence-corrected chi connectivity index (χ2v) is 7.16. The second-order valence-electron chi connectivity index (χ2n) is 2.77. The van der Waals surface area contributed by atoms with Gasteiger partial charge in [0.25, 0.3) is 5.91 Å². The molecule has 0 aliphatic heterocycles. The third kappa shape index (κ3) is 3.32. The van der Waals surface area contributed by atoms with Crippen molar-refractivity contribution in [1.82, 2.24) is 5.32 Å². The smallest absolute Gasteiger partial charge is 0.253 e. The molecule has 6 heteroatoms. The fourth-order valence-electron chi connectivity index (χ4n) is 0.835. The number of thiophene rings is 1. The van der Waals surface area contributed by atoms with Crippen LogP contribution < -0.4 is 5.32 Å². The van der Waals surface area contributed by atoms with Crippen molar-refractivity contribution in [3.05, 3.63) is 19.2 Å². The molecule has 1 heterocycles. The lowest BCUT2D eigenvalue weighted by Gasteiger charge is -2.09. The van der Waals surface area contributed by atoms with E-state index < -0.39 is 0 Å². The van der Waals surface area contributed by atoms with Gasteiger partial charge >= 0.3 is 0 Å². The van der Waals surface area contributed by atoms with Gasteiger partial charge in [0.05, 0.1) is 13.1 Å². The van der Waals surface area contributed by atoms with Crippen molar-refractivity contribution in [1.29, 1.82) is 0 Å². The molecule has 14 heavy (non-hydrogen) atoms. The summed E-state index contributed by atoms with van der Waals surface area (Å²) in [4.78, 5) is 11.7. The summed E-state index contributed by atoms with van der Waals surface area (Å²) < 4.78 is 1.80. The zero-order valence-electron chi connectivity index (χ0n) is 7.31. The van der Waals surface area contributed by atoms with Crippen LogP contribution in [-0.2, 0) is 0 Å². The molecule has 0 saturated heterocycles. The Labute approximate surface area is 112 Å². The summed E-state index contributed by atoms with van der Waals surface area (Å²) in [7, 11) is 0. The van der Waals surface area contributed by atoms with E-state index in [9.17, 15) is 4.79 Å². The zero-order valence-corrected chi connectivity index (χ0v) is 12.9. The van der Waals surface area contributed by atoms with Crippen LogP contribution in [0.3, 0.4) is 0 Å². The van der Waals surface area contributed by atoms with Crippen molar-refractivity contribution in [2.24, 2.45) is 0 Å². The van der Waals surface area contributed by atoms with Gasteiger partial charge in [0.1, 0.15) is 0 Å². The van der Waals surface area contributed by atoms with E-state index in [1.165, 1.54) is 11.3 Å². The highest BCUT2D eigenvalue weighted by atomic mass is 79.9. The zero-order chi connectivity index (χ0) is 10.7. The van der Waals surface area contributed by atoms with E-state index in [1.54, 1.807) is 0 Å². The highest BCUT2D eigenvalue weighted by Gasteiger charge is 2.14. The van der Waals surface area contributed by atoms with Gasteiger partial charge < -0.3 is 5.32 Å². The van der Waals surface area contributed by atoms with Crippen LogP contribution in [0.15, 0.2) is 13.6 Å². The lowest BCUT2D eigenvalue weighted by molar-refractivity contribution is 0.0943. The minimum absolute atomic E-state index is 0.0502. The lowest BCUT2D eigenvalue weighted by Crippen LogP contribution is -2.33. The van der Waals surface area contributed by atoms with E-state index in [0.717, 1.165) is 12.9 Å². The van der Waals surface area contributed by atoms with E-state index in [0.29, 0.717) is 5.56 Å². The minimum Gasteiger partial charge on any atom is -0.349 e. The molecule has 1 atom stereocenters. The van der Waals surface area contributed by atoms with Gasteiger partial charge in [-0.1, -0.05) is 15.9 Å². The average molecular weight is 406 g/mol. The summed E-state index contributed by atoms with van der Waals surface area (Å²) in [5.41, 5.74) is 0.676. The molecule has 1 rings (SSSR count). The van der Waals surface area contributed by atoms with Crippen molar-refractivity contribution in [2.75, 3.05) is 5.33 Å². The Kier molecular flexibility index (Phi) is 5.10. The summed E-state index contributed by atoms with van der Waals surface area (Å²) in [5.74, 6) is -0.0502. The van der Waals surface area contributed by atoms with Crippen molar-refractivity contribution in [3.8, 4) is 0 Å². The number of amides is 1. The van der Waals surface area contributed by atoms with E-state index in [-0.39, 0.29) is 11.9 Å². The fraction of sp³-hybridized carbons (Fsp3) is 0.375. The minimum atomic E-state index is -0.0502. The van der Waals surface area contributed by atoms with Crippen molar-refractivity contribution >= 4 is 65.0 Å². The molecule has 0 bridgehead atoms. The topological polar surface area (TPSA) is 29.1 Å². The van der Waals surface area contributed by atoms with Crippen LogP contribution >= 0.6 is 59.1 Å². The Morgan fingerprint density at radius 3 is 2.71 bits per heavy atom. The van der Waals surface area contributed by atoms with Crippen molar-refractivity contribution in [2.45, 2.75) is 13.0 Å². The molecule has 0 aromatic carbocycles. The molecule has 1 amide bonds. The first-order chi connectivity index (χ1) is 6.54. The van der Waals surface area contributed by atoms with Gasteiger partial charge in [-0.3, -0.25) is 4.79 Å². The molecule has 78 valence electrons. The van der Waals surface area contributed by atoms with E-state index in [2.05, 4.69) is 53.1 Å². The number of alkyl halides is 1. The third-order valence-electron chi connectivity index (χ3n) is 1.51. The van der Waals surface area contributed by atoms with Gasteiger partial charge in [-0.2, -0.15) is 0 Å². The summed E-state index contributed by atoms with van der Waals surface area (Å²) in [5, 5.41) is 3.62. The molecule has 0 fully saturated rings. The maximum absolute atomic E-state index is 11.7. The van der Waals surface area contributed by atoms with Crippen LogP contribution in [0.1, 0.15) is 17.3 Å². The normalized spacial score (nSPS) is 12.6. The first-order valence-corrected chi connectivity index (χ1v) is 7.38. The molecule has 0 saturated carbocycles. The number of hydrogen-bond acceptors (Lipinski definition) is 2. The van der Waals surface area contributed by atoms with Crippen LogP contribution in [0.25, 0.3) is 0 Å². The van der Waals surface area contributed by atoms with Gasteiger partial charge in [-0.15, -0.1) is 11.3 Å². The Morgan fingerprint density at radius 2 is 2.29 bits per heavy atom. The third-order valence-corrected chi connectivity index (χ3v) is 4.82. The molecular weight excluding hydrogens is 398 g/mol.